The van der Waals surface area contributed by atoms with Crippen molar-refractivity contribution in [2.45, 2.75) is 38.5 Å². The molecule has 0 aromatic carbocycles. The average molecular weight is 324 g/mol. The van der Waals surface area contributed by atoms with E-state index >= 15 is 0 Å². The number of hydrogen-bond donors (Lipinski definition) is 0. The highest BCUT2D eigenvalue weighted by molar-refractivity contribution is 5.38. The Labute approximate surface area is 143 Å². The number of anilines is 1. The summed E-state index contributed by atoms with van der Waals surface area (Å²) in [5.74, 6) is 4.09. The molecule has 0 radical (unpaired) electrons. The lowest BCUT2D eigenvalue weighted by Gasteiger charge is -2.32. The van der Waals surface area contributed by atoms with Crippen molar-refractivity contribution >= 4 is 5.82 Å². The monoisotopic (exact) mass is 324 g/mol. The standard InChI is InChI=1S/C19H24N4O/c1-14-3-2-9-21-19(14)24-13-15-7-11-23(12-8-15)17-6-10-20-18(22-17)16-4-5-16/h2-3,6,9-10,15-16H,4-5,7-8,11-13H2,1H3. The number of piperidine rings is 1. The average Bonchev–Trinajstić information content (AvgIpc) is 3.47. The number of aromatic nitrogens is 3. The molecule has 0 N–H and O–H groups in total. The van der Waals surface area contributed by atoms with E-state index < -0.39 is 0 Å². The first-order chi connectivity index (χ1) is 11.8. The van der Waals surface area contributed by atoms with E-state index in [0.29, 0.717) is 11.8 Å². The summed E-state index contributed by atoms with van der Waals surface area (Å²) < 4.78 is 5.92. The Morgan fingerprint density at radius 3 is 2.67 bits per heavy atom. The van der Waals surface area contributed by atoms with E-state index in [0.717, 1.165) is 55.6 Å². The fourth-order valence-electron chi connectivity index (χ4n) is 3.23. The summed E-state index contributed by atoms with van der Waals surface area (Å²) in [4.78, 5) is 15.9. The molecule has 2 aromatic rings. The molecule has 126 valence electrons. The maximum Gasteiger partial charge on any atom is 0.216 e. The molecule has 24 heavy (non-hydrogen) atoms. The van der Waals surface area contributed by atoms with E-state index in [-0.39, 0.29) is 0 Å². The molecule has 1 aliphatic carbocycles. The van der Waals surface area contributed by atoms with Gasteiger partial charge in [-0.15, -0.1) is 0 Å². The van der Waals surface area contributed by atoms with Crippen LogP contribution in [0.25, 0.3) is 0 Å². The number of aryl methyl sites for hydroxylation is 1. The van der Waals surface area contributed by atoms with Crippen molar-refractivity contribution in [3.05, 3.63) is 42.0 Å². The Kier molecular flexibility index (Phi) is 4.32. The first-order valence-electron chi connectivity index (χ1n) is 8.92. The predicted octanol–water partition coefficient (Wildman–Crippen LogP) is 3.35. The lowest BCUT2D eigenvalue weighted by atomic mass is 9.98. The molecule has 2 aromatic heterocycles. The SMILES string of the molecule is Cc1cccnc1OCC1CCN(c2ccnc(C3CC3)n2)CC1. The number of pyridine rings is 1. The quantitative estimate of drug-likeness (QED) is 0.844. The smallest absolute Gasteiger partial charge is 0.216 e. The van der Waals surface area contributed by atoms with Crippen LogP contribution in [0.3, 0.4) is 0 Å². The zero-order valence-corrected chi connectivity index (χ0v) is 14.2. The van der Waals surface area contributed by atoms with Crippen molar-refractivity contribution in [2.24, 2.45) is 5.92 Å². The predicted molar refractivity (Wildman–Crippen MR) is 93.4 cm³/mol. The summed E-state index contributed by atoms with van der Waals surface area (Å²) in [7, 11) is 0. The fraction of sp³-hybridized carbons (Fsp3) is 0.526. The molecule has 4 rings (SSSR count). The summed E-state index contributed by atoms with van der Waals surface area (Å²) >= 11 is 0. The highest BCUT2D eigenvalue weighted by Gasteiger charge is 2.27. The van der Waals surface area contributed by atoms with Crippen molar-refractivity contribution in [1.29, 1.82) is 0 Å². The zero-order valence-electron chi connectivity index (χ0n) is 14.2. The summed E-state index contributed by atoms with van der Waals surface area (Å²) in [6.07, 6.45) is 8.46. The molecule has 2 aliphatic rings. The van der Waals surface area contributed by atoms with Gasteiger partial charge >= 0.3 is 0 Å². The molecule has 1 saturated heterocycles. The van der Waals surface area contributed by atoms with Crippen LogP contribution in [-0.2, 0) is 0 Å². The van der Waals surface area contributed by atoms with E-state index in [9.17, 15) is 0 Å². The lowest BCUT2D eigenvalue weighted by molar-refractivity contribution is 0.214. The Bertz CT molecular complexity index is 693. The maximum atomic E-state index is 5.92. The van der Waals surface area contributed by atoms with Gasteiger partial charge < -0.3 is 9.64 Å². The second-order valence-electron chi connectivity index (χ2n) is 6.91. The van der Waals surface area contributed by atoms with Crippen LogP contribution in [0.5, 0.6) is 5.88 Å². The molecule has 0 amide bonds. The summed E-state index contributed by atoms with van der Waals surface area (Å²) in [6, 6.07) is 6.02. The Balaban J connectivity index is 1.30. The van der Waals surface area contributed by atoms with Gasteiger partial charge in [-0.1, -0.05) is 6.07 Å². The van der Waals surface area contributed by atoms with Gasteiger partial charge in [-0.3, -0.25) is 0 Å². The minimum Gasteiger partial charge on any atom is -0.477 e. The Hall–Kier alpha value is -2.17. The minimum atomic E-state index is 0.590. The topological polar surface area (TPSA) is 51.1 Å². The summed E-state index contributed by atoms with van der Waals surface area (Å²) in [5.41, 5.74) is 1.10. The lowest BCUT2D eigenvalue weighted by Crippen LogP contribution is -2.36. The second kappa shape index (κ2) is 6.75. The third-order valence-corrected chi connectivity index (χ3v) is 4.96. The number of nitrogens with zero attached hydrogens (tertiary/aromatic N) is 4. The van der Waals surface area contributed by atoms with E-state index in [1.165, 1.54) is 12.8 Å². The molecule has 5 nitrogen and oxygen atoms in total. The van der Waals surface area contributed by atoms with E-state index in [4.69, 9.17) is 9.72 Å². The van der Waals surface area contributed by atoms with Gasteiger partial charge in [0.2, 0.25) is 5.88 Å². The van der Waals surface area contributed by atoms with Crippen molar-refractivity contribution in [2.75, 3.05) is 24.6 Å². The molecular weight excluding hydrogens is 300 g/mol. The first-order valence-corrected chi connectivity index (χ1v) is 8.92. The van der Waals surface area contributed by atoms with E-state index in [1.807, 2.05) is 31.3 Å². The van der Waals surface area contributed by atoms with Crippen LogP contribution in [0.2, 0.25) is 0 Å². The second-order valence-corrected chi connectivity index (χ2v) is 6.91. The number of hydrogen-bond acceptors (Lipinski definition) is 5. The molecule has 1 aliphatic heterocycles. The van der Waals surface area contributed by atoms with Gasteiger partial charge in [0.25, 0.3) is 0 Å². The molecule has 0 spiro atoms. The number of rotatable bonds is 5. The molecular formula is C19H24N4O. The Morgan fingerprint density at radius 2 is 1.92 bits per heavy atom. The van der Waals surface area contributed by atoms with Crippen LogP contribution >= 0.6 is 0 Å². The highest BCUT2D eigenvalue weighted by Crippen LogP contribution is 2.38. The molecule has 5 heteroatoms. The van der Waals surface area contributed by atoms with Crippen molar-refractivity contribution in [3.8, 4) is 5.88 Å². The van der Waals surface area contributed by atoms with Crippen molar-refractivity contribution < 1.29 is 4.74 Å². The van der Waals surface area contributed by atoms with Crippen molar-refractivity contribution in [3.63, 3.8) is 0 Å². The molecule has 1 saturated carbocycles. The van der Waals surface area contributed by atoms with Crippen LogP contribution in [0.1, 0.15) is 43.0 Å². The summed E-state index contributed by atoms with van der Waals surface area (Å²) in [5, 5.41) is 0. The fourth-order valence-corrected chi connectivity index (χ4v) is 3.23. The number of ether oxygens (including phenoxy) is 1. The van der Waals surface area contributed by atoms with Gasteiger partial charge in [0, 0.05) is 37.0 Å². The molecule has 0 unspecified atom stereocenters. The van der Waals surface area contributed by atoms with Gasteiger partial charge in [0.1, 0.15) is 11.6 Å². The largest absolute Gasteiger partial charge is 0.477 e. The van der Waals surface area contributed by atoms with Gasteiger partial charge in [-0.25, -0.2) is 15.0 Å². The van der Waals surface area contributed by atoms with Gasteiger partial charge in [-0.05, 0) is 50.7 Å². The van der Waals surface area contributed by atoms with E-state index in [1.54, 1.807) is 6.20 Å². The zero-order chi connectivity index (χ0) is 16.4. The maximum absolute atomic E-state index is 5.92. The third kappa shape index (κ3) is 3.50. The van der Waals surface area contributed by atoms with Gasteiger partial charge in [0.15, 0.2) is 0 Å². The Morgan fingerprint density at radius 1 is 1.08 bits per heavy atom. The summed E-state index contributed by atoms with van der Waals surface area (Å²) in [6.45, 7) is 4.87. The minimum absolute atomic E-state index is 0.590. The molecule has 0 bridgehead atoms. The van der Waals surface area contributed by atoms with Gasteiger partial charge in [0.05, 0.1) is 6.61 Å². The molecule has 2 fully saturated rings. The molecule has 0 atom stereocenters. The van der Waals surface area contributed by atoms with Crippen LogP contribution in [0.4, 0.5) is 5.82 Å². The van der Waals surface area contributed by atoms with Crippen molar-refractivity contribution in [1.82, 2.24) is 15.0 Å². The third-order valence-electron chi connectivity index (χ3n) is 4.96. The molecule has 3 heterocycles. The van der Waals surface area contributed by atoms with Crippen LogP contribution in [0.15, 0.2) is 30.6 Å². The normalized spacial score (nSPS) is 18.6. The van der Waals surface area contributed by atoms with Crippen LogP contribution < -0.4 is 9.64 Å². The van der Waals surface area contributed by atoms with E-state index in [2.05, 4.69) is 14.9 Å². The van der Waals surface area contributed by atoms with Crippen LogP contribution in [0, 0.1) is 12.8 Å². The van der Waals surface area contributed by atoms with Crippen LogP contribution in [-0.4, -0.2) is 34.6 Å². The first kappa shape index (κ1) is 15.4. The van der Waals surface area contributed by atoms with Gasteiger partial charge in [-0.2, -0.15) is 0 Å². The highest BCUT2D eigenvalue weighted by atomic mass is 16.5.